The third-order valence-corrected chi connectivity index (χ3v) is 7.83. The van der Waals surface area contributed by atoms with Crippen LogP contribution in [0.1, 0.15) is 29.7 Å². The van der Waals surface area contributed by atoms with Crippen LogP contribution in [0, 0.1) is 0 Å². The molecule has 1 fully saturated rings. The summed E-state index contributed by atoms with van der Waals surface area (Å²) in [5.41, 5.74) is 2.66. The fraction of sp³-hybridized carbons (Fsp3) is 0.207. The number of benzene rings is 3. The number of nitrogens with zero attached hydrogens (tertiary/aromatic N) is 2. The topological polar surface area (TPSA) is 98.2 Å². The van der Waals surface area contributed by atoms with Gasteiger partial charge >= 0.3 is 5.91 Å². The lowest BCUT2D eigenvalue weighted by atomic mass is 9.94. The third kappa shape index (κ3) is 3.86. The van der Waals surface area contributed by atoms with Crippen LogP contribution in [-0.2, 0) is 16.0 Å². The first-order valence-corrected chi connectivity index (χ1v) is 12.9. The first-order valence-electron chi connectivity index (χ1n) is 12.1. The second-order valence-corrected chi connectivity index (χ2v) is 10.2. The largest absolute Gasteiger partial charge is 0.507 e. The van der Waals surface area contributed by atoms with Crippen LogP contribution in [0.15, 0.2) is 66.2 Å². The molecule has 0 bridgehead atoms. The van der Waals surface area contributed by atoms with Gasteiger partial charge in [0.05, 0.1) is 36.1 Å². The Morgan fingerprint density at radius 1 is 1.05 bits per heavy atom. The molecule has 0 aliphatic carbocycles. The maximum Gasteiger partial charge on any atom is 0.301 e. The molecule has 1 saturated heterocycles. The van der Waals surface area contributed by atoms with Gasteiger partial charge in [-0.05, 0) is 66.6 Å². The number of fused-ring (bicyclic) bond motifs is 2. The van der Waals surface area contributed by atoms with Gasteiger partial charge in [-0.25, -0.2) is 4.98 Å². The zero-order chi connectivity index (χ0) is 26.6. The van der Waals surface area contributed by atoms with Crippen molar-refractivity contribution in [1.82, 2.24) is 4.98 Å². The zero-order valence-corrected chi connectivity index (χ0v) is 21.7. The number of carbonyl (C=O) groups excluding carboxylic acids is 2. The maximum absolute atomic E-state index is 13.5. The monoisotopic (exact) mass is 528 g/mol. The number of carbonyl (C=O) groups is 2. The summed E-state index contributed by atoms with van der Waals surface area (Å²) in [6, 6.07) is 16.9. The van der Waals surface area contributed by atoms with Crippen molar-refractivity contribution in [2.45, 2.75) is 25.5 Å². The van der Waals surface area contributed by atoms with Crippen LogP contribution in [0.5, 0.6) is 17.2 Å². The molecule has 1 amide bonds. The van der Waals surface area contributed by atoms with Crippen molar-refractivity contribution < 1.29 is 28.9 Å². The van der Waals surface area contributed by atoms with Crippen molar-refractivity contribution in [2.24, 2.45) is 0 Å². The fourth-order valence-corrected chi connectivity index (χ4v) is 6.03. The molecule has 0 saturated carbocycles. The molecule has 8 nitrogen and oxygen atoms in total. The number of Topliss-reactive ketones (excluding diaryl/α,β-unsaturated/α-hetero) is 1. The van der Waals surface area contributed by atoms with E-state index in [2.05, 4.69) is 4.98 Å². The van der Waals surface area contributed by atoms with Crippen molar-refractivity contribution in [3.05, 3.63) is 82.9 Å². The van der Waals surface area contributed by atoms with E-state index >= 15 is 0 Å². The zero-order valence-electron chi connectivity index (χ0n) is 20.9. The van der Waals surface area contributed by atoms with Gasteiger partial charge in [0.25, 0.3) is 5.78 Å². The number of hydrogen-bond acceptors (Lipinski definition) is 8. The molecule has 3 heterocycles. The molecule has 0 unspecified atom stereocenters. The van der Waals surface area contributed by atoms with Gasteiger partial charge < -0.3 is 19.3 Å². The molecule has 2 aliphatic heterocycles. The number of ketones is 1. The average Bonchev–Trinajstić information content (AvgIpc) is 3.59. The Morgan fingerprint density at radius 3 is 2.63 bits per heavy atom. The normalized spacial score (nSPS) is 20.0. The summed E-state index contributed by atoms with van der Waals surface area (Å²) in [5, 5.41) is 11.9. The second kappa shape index (κ2) is 9.18. The number of anilines is 1. The molecule has 0 radical (unpaired) electrons. The standard InChI is InChI=1S/C29H24N2O6S/c1-15-11-18-12-17(7-10-22(18)37-15)26(32)24-25(16-5-4-6-19(13-16)35-2)31(28(34)27(24)33)29-30-21-9-8-20(36-3)14-23(21)38-29/h4-10,12-15,25,32H,11H2,1-3H3/t15-,25+/m1/s1. The number of amides is 1. The minimum absolute atomic E-state index is 0.00740. The number of hydrogen-bond donors (Lipinski definition) is 1. The molecule has 3 aromatic carbocycles. The quantitative estimate of drug-likeness (QED) is 0.214. The van der Waals surface area contributed by atoms with E-state index < -0.39 is 17.7 Å². The third-order valence-electron chi connectivity index (χ3n) is 6.81. The highest BCUT2D eigenvalue weighted by atomic mass is 32.1. The van der Waals surface area contributed by atoms with Crippen molar-refractivity contribution in [2.75, 3.05) is 19.1 Å². The number of rotatable bonds is 5. The molecular formula is C29H24N2O6S. The lowest BCUT2D eigenvalue weighted by Gasteiger charge is -2.23. The first kappa shape index (κ1) is 24.0. The summed E-state index contributed by atoms with van der Waals surface area (Å²) in [7, 11) is 3.13. The number of aliphatic hydroxyl groups excluding tert-OH is 1. The van der Waals surface area contributed by atoms with E-state index in [0.717, 1.165) is 16.0 Å². The molecule has 1 N–H and O–H groups in total. The van der Waals surface area contributed by atoms with E-state index in [1.54, 1.807) is 62.8 Å². The summed E-state index contributed by atoms with van der Waals surface area (Å²) in [5.74, 6) is 0.188. The number of ether oxygens (including phenoxy) is 3. The van der Waals surface area contributed by atoms with Gasteiger partial charge in [0.2, 0.25) is 0 Å². The molecular weight excluding hydrogens is 504 g/mol. The van der Waals surface area contributed by atoms with Gasteiger partial charge in [0.15, 0.2) is 5.13 Å². The molecule has 2 aliphatic rings. The summed E-state index contributed by atoms with van der Waals surface area (Å²) in [4.78, 5) is 33.1. The Morgan fingerprint density at radius 2 is 1.84 bits per heavy atom. The van der Waals surface area contributed by atoms with Crippen LogP contribution in [0.2, 0.25) is 0 Å². The van der Waals surface area contributed by atoms with Gasteiger partial charge in [-0.15, -0.1) is 0 Å². The van der Waals surface area contributed by atoms with Crippen molar-refractivity contribution in [3.8, 4) is 17.2 Å². The maximum atomic E-state index is 13.5. The Balaban J connectivity index is 1.53. The van der Waals surface area contributed by atoms with E-state index in [1.807, 2.05) is 19.1 Å². The lowest BCUT2D eigenvalue weighted by Crippen LogP contribution is -2.29. The molecule has 1 aromatic heterocycles. The predicted octanol–water partition coefficient (Wildman–Crippen LogP) is 5.26. The molecule has 9 heteroatoms. The van der Waals surface area contributed by atoms with Gasteiger partial charge in [0.1, 0.15) is 29.1 Å². The smallest absolute Gasteiger partial charge is 0.301 e. The lowest BCUT2D eigenvalue weighted by molar-refractivity contribution is -0.132. The van der Waals surface area contributed by atoms with Crippen molar-refractivity contribution in [1.29, 1.82) is 0 Å². The van der Waals surface area contributed by atoms with E-state index in [4.69, 9.17) is 14.2 Å². The van der Waals surface area contributed by atoms with Crippen molar-refractivity contribution >= 4 is 44.1 Å². The Hall–Kier alpha value is -4.37. The van der Waals surface area contributed by atoms with E-state index in [9.17, 15) is 14.7 Å². The van der Waals surface area contributed by atoms with Gasteiger partial charge in [0, 0.05) is 12.0 Å². The minimum Gasteiger partial charge on any atom is -0.507 e. The van der Waals surface area contributed by atoms with Crippen LogP contribution in [0.3, 0.4) is 0 Å². The van der Waals surface area contributed by atoms with Crippen LogP contribution >= 0.6 is 11.3 Å². The van der Waals surface area contributed by atoms with E-state index in [0.29, 0.717) is 39.7 Å². The number of methoxy groups -OCH3 is 2. The molecule has 192 valence electrons. The predicted molar refractivity (Wildman–Crippen MR) is 144 cm³/mol. The highest BCUT2D eigenvalue weighted by molar-refractivity contribution is 7.22. The van der Waals surface area contributed by atoms with Crippen molar-refractivity contribution in [3.63, 3.8) is 0 Å². The second-order valence-electron chi connectivity index (χ2n) is 9.23. The van der Waals surface area contributed by atoms with E-state index in [1.165, 1.54) is 16.2 Å². The molecule has 2 atom stereocenters. The highest BCUT2D eigenvalue weighted by Gasteiger charge is 2.48. The van der Waals surface area contributed by atoms with Crippen LogP contribution in [0.25, 0.3) is 16.0 Å². The Bertz CT molecular complexity index is 1640. The van der Waals surface area contributed by atoms with Crippen LogP contribution in [-0.4, -0.2) is 42.1 Å². The molecule has 0 spiro atoms. The highest BCUT2D eigenvalue weighted by Crippen LogP contribution is 2.45. The average molecular weight is 529 g/mol. The van der Waals surface area contributed by atoms with Gasteiger partial charge in [-0.2, -0.15) is 0 Å². The molecule has 6 rings (SSSR count). The first-order chi connectivity index (χ1) is 18.4. The molecule has 38 heavy (non-hydrogen) atoms. The van der Waals surface area contributed by atoms with Gasteiger partial charge in [-0.3, -0.25) is 14.5 Å². The summed E-state index contributed by atoms with van der Waals surface area (Å²) in [6.45, 7) is 1.97. The summed E-state index contributed by atoms with van der Waals surface area (Å²) >= 11 is 1.27. The molecule has 4 aromatic rings. The number of aromatic nitrogens is 1. The Kier molecular flexibility index (Phi) is 5.80. The van der Waals surface area contributed by atoms with Crippen LogP contribution in [0.4, 0.5) is 5.13 Å². The number of thiazole rings is 1. The van der Waals surface area contributed by atoms with Crippen LogP contribution < -0.4 is 19.1 Å². The minimum atomic E-state index is -0.906. The Labute approximate surface area is 222 Å². The van der Waals surface area contributed by atoms with Gasteiger partial charge in [-0.1, -0.05) is 23.5 Å². The number of aliphatic hydroxyl groups is 1. The summed E-state index contributed by atoms with van der Waals surface area (Å²) in [6.07, 6.45) is 0.724. The fourth-order valence-electron chi connectivity index (χ4n) is 5.00. The van der Waals surface area contributed by atoms with E-state index in [-0.39, 0.29) is 17.4 Å². The summed E-state index contributed by atoms with van der Waals surface area (Å²) < 4.78 is 17.3. The SMILES string of the molecule is COc1cccc([C@H]2C(=C(O)c3ccc4c(c3)C[C@@H](C)O4)C(=O)C(=O)N2c2nc3ccc(OC)cc3s2)c1.